The molecule has 0 aromatic heterocycles. The second-order valence-corrected chi connectivity index (χ2v) is 14.5. The molecule has 8 atom stereocenters. The Bertz CT molecular complexity index is 733. The minimum atomic E-state index is 0.145. The van der Waals surface area contributed by atoms with Crippen molar-refractivity contribution < 1.29 is 18.9 Å². The number of hydrogen-bond donors (Lipinski definition) is 3. The molecule has 0 amide bonds. The van der Waals surface area contributed by atoms with Crippen molar-refractivity contribution in [3.63, 3.8) is 0 Å². The molecule has 3 rings (SSSR count). The summed E-state index contributed by atoms with van der Waals surface area (Å²) in [5, 5.41) is 0. The van der Waals surface area contributed by atoms with Crippen LogP contribution in [0.25, 0.3) is 0 Å². The third-order valence-electron chi connectivity index (χ3n) is 12.0. The van der Waals surface area contributed by atoms with Crippen molar-refractivity contribution in [2.75, 3.05) is 53.2 Å². The van der Waals surface area contributed by atoms with Crippen LogP contribution < -0.4 is 17.2 Å². The van der Waals surface area contributed by atoms with Crippen LogP contribution in [0.5, 0.6) is 0 Å². The SMILES string of the molecule is CC[C@@H](OCCCN)C1[C@@H](C2(C)CCC(OCCCN)CC2)C[C@H](OCCCN)[C@]2(C)[C@@H]([C@H](C)CCCOC)CC[C@@H]12. The number of ether oxygens (including phenoxy) is 4. The summed E-state index contributed by atoms with van der Waals surface area (Å²) in [7, 11) is 1.82. The summed E-state index contributed by atoms with van der Waals surface area (Å²) >= 11 is 0. The molecular weight excluding hydrogens is 526 g/mol. The summed E-state index contributed by atoms with van der Waals surface area (Å²) in [5.41, 5.74) is 18.0. The van der Waals surface area contributed by atoms with Crippen LogP contribution in [0.2, 0.25) is 0 Å². The molecule has 3 aliphatic carbocycles. The summed E-state index contributed by atoms with van der Waals surface area (Å²) in [6.07, 6.45) is 15.6. The van der Waals surface area contributed by atoms with Gasteiger partial charge in [-0.05, 0) is 138 Å². The maximum atomic E-state index is 6.96. The predicted octanol–water partition coefficient (Wildman–Crippen LogP) is 5.91. The average Bonchev–Trinajstić information content (AvgIpc) is 3.35. The zero-order valence-corrected chi connectivity index (χ0v) is 28.1. The molecule has 7 nitrogen and oxygen atoms in total. The van der Waals surface area contributed by atoms with Gasteiger partial charge in [0.2, 0.25) is 0 Å². The van der Waals surface area contributed by atoms with Gasteiger partial charge in [0.05, 0.1) is 18.3 Å². The van der Waals surface area contributed by atoms with Gasteiger partial charge < -0.3 is 36.1 Å². The van der Waals surface area contributed by atoms with Crippen molar-refractivity contribution in [1.82, 2.24) is 0 Å². The lowest BCUT2D eigenvalue weighted by atomic mass is 9.48. The molecular formula is C35H69N3O4. The van der Waals surface area contributed by atoms with Gasteiger partial charge in [0.25, 0.3) is 0 Å². The lowest BCUT2D eigenvalue weighted by Crippen LogP contribution is -2.59. The Hall–Kier alpha value is -0.280. The molecule has 7 heteroatoms. The molecule has 0 heterocycles. The van der Waals surface area contributed by atoms with Crippen LogP contribution in [0.4, 0.5) is 0 Å². The Morgan fingerprint density at radius 3 is 2.05 bits per heavy atom. The smallest absolute Gasteiger partial charge is 0.0637 e. The molecule has 0 bridgehead atoms. The first kappa shape index (κ1) is 36.2. The first-order valence-electron chi connectivity index (χ1n) is 17.7. The molecule has 3 aliphatic rings. The molecule has 3 saturated carbocycles. The Morgan fingerprint density at radius 2 is 1.43 bits per heavy atom. The van der Waals surface area contributed by atoms with Gasteiger partial charge in [0, 0.05) is 39.0 Å². The van der Waals surface area contributed by atoms with Gasteiger partial charge in [-0.1, -0.05) is 27.7 Å². The highest BCUT2D eigenvalue weighted by atomic mass is 16.5. The minimum Gasteiger partial charge on any atom is -0.385 e. The van der Waals surface area contributed by atoms with E-state index in [4.69, 9.17) is 36.1 Å². The van der Waals surface area contributed by atoms with E-state index < -0.39 is 0 Å². The fourth-order valence-electron chi connectivity index (χ4n) is 9.68. The van der Waals surface area contributed by atoms with Crippen LogP contribution in [0.3, 0.4) is 0 Å². The number of nitrogens with two attached hydrogens (primary N) is 3. The second kappa shape index (κ2) is 18.0. The van der Waals surface area contributed by atoms with Crippen LogP contribution in [0, 0.1) is 40.4 Å². The third kappa shape index (κ3) is 8.70. The molecule has 0 aromatic rings. The van der Waals surface area contributed by atoms with E-state index >= 15 is 0 Å². The maximum absolute atomic E-state index is 6.96. The van der Waals surface area contributed by atoms with Crippen LogP contribution in [-0.2, 0) is 18.9 Å². The molecule has 3 fully saturated rings. The van der Waals surface area contributed by atoms with Gasteiger partial charge in [0.15, 0.2) is 0 Å². The first-order valence-corrected chi connectivity index (χ1v) is 17.7. The minimum absolute atomic E-state index is 0.145. The molecule has 1 unspecified atom stereocenters. The van der Waals surface area contributed by atoms with E-state index in [1.165, 1.54) is 32.1 Å². The Labute approximate surface area is 259 Å². The van der Waals surface area contributed by atoms with Gasteiger partial charge in [-0.2, -0.15) is 0 Å². The van der Waals surface area contributed by atoms with Crippen molar-refractivity contribution >= 4 is 0 Å². The van der Waals surface area contributed by atoms with Crippen molar-refractivity contribution in [2.24, 2.45) is 57.6 Å². The largest absolute Gasteiger partial charge is 0.385 e. The molecule has 0 aliphatic heterocycles. The second-order valence-electron chi connectivity index (χ2n) is 14.5. The van der Waals surface area contributed by atoms with Crippen LogP contribution in [0.1, 0.15) is 111 Å². The van der Waals surface area contributed by atoms with Crippen molar-refractivity contribution in [2.45, 2.75) is 129 Å². The molecule has 42 heavy (non-hydrogen) atoms. The quantitative estimate of drug-likeness (QED) is 0.150. The predicted molar refractivity (Wildman–Crippen MR) is 173 cm³/mol. The number of fused-ring (bicyclic) bond motifs is 1. The number of rotatable bonds is 20. The van der Waals surface area contributed by atoms with E-state index in [1.54, 1.807) is 0 Å². The average molecular weight is 596 g/mol. The lowest BCUT2D eigenvalue weighted by molar-refractivity contribution is -0.192. The normalized spacial score (nSPS) is 36.6. The summed E-state index contributed by atoms with van der Waals surface area (Å²) in [5.74, 6) is 3.04. The van der Waals surface area contributed by atoms with Gasteiger partial charge in [-0.3, -0.25) is 0 Å². The van der Waals surface area contributed by atoms with Gasteiger partial charge in [-0.15, -0.1) is 0 Å². The highest BCUT2D eigenvalue weighted by Gasteiger charge is 2.63. The van der Waals surface area contributed by atoms with Crippen LogP contribution in [0.15, 0.2) is 0 Å². The Balaban J connectivity index is 1.93. The fraction of sp³-hybridized carbons (Fsp3) is 1.00. The number of hydrogen-bond acceptors (Lipinski definition) is 7. The highest BCUT2D eigenvalue weighted by molar-refractivity contribution is 5.12. The van der Waals surface area contributed by atoms with Crippen LogP contribution in [-0.4, -0.2) is 71.5 Å². The third-order valence-corrected chi connectivity index (χ3v) is 12.0. The van der Waals surface area contributed by atoms with E-state index in [1.807, 2.05) is 7.11 Å². The molecule has 0 saturated heterocycles. The topological polar surface area (TPSA) is 115 Å². The van der Waals surface area contributed by atoms with E-state index in [-0.39, 0.29) is 23.0 Å². The van der Waals surface area contributed by atoms with E-state index in [0.29, 0.717) is 55.3 Å². The maximum Gasteiger partial charge on any atom is 0.0637 e. The Kier molecular flexibility index (Phi) is 15.5. The summed E-state index contributed by atoms with van der Waals surface area (Å²) in [4.78, 5) is 0. The molecule has 0 spiro atoms. The standard InChI is InChI=1S/C35H69N3O4/c1-6-31(41-23-9-19-37)33-29-13-12-28(26(2)11-7-21-39-5)35(29,4)32(42-24-10-20-38)25-30(33)34(3)16-14-27(15-17-34)40-22-8-18-36/h26-33H,6-25,36-38H2,1-5H3/t26-,27?,28-,29+,30+,31-,32+,33?,34?,35-/m1/s1. The van der Waals surface area contributed by atoms with Gasteiger partial charge in [0.1, 0.15) is 0 Å². The van der Waals surface area contributed by atoms with Crippen molar-refractivity contribution in [3.8, 4) is 0 Å². The molecule has 6 N–H and O–H groups in total. The van der Waals surface area contributed by atoms with Gasteiger partial charge in [-0.25, -0.2) is 0 Å². The van der Waals surface area contributed by atoms with Crippen molar-refractivity contribution in [3.05, 3.63) is 0 Å². The van der Waals surface area contributed by atoms with E-state index in [2.05, 4.69) is 27.7 Å². The van der Waals surface area contributed by atoms with Crippen molar-refractivity contribution in [1.29, 1.82) is 0 Å². The zero-order chi connectivity index (χ0) is 30.6. The summed E-state index contributed by atoms with van der Waals surface area (Å²) < 4.78 is 25.4. The van der Waals surface area contributed by atoms with E-state index in [0.717, 1.165) is 77.8 Å². The molecule has 0 radical (unpaired) electrons. The fourth-order valence-corrected chi connectivity index (χ4v) is 9.68. The first-order chi connectivity index (χ1) is 20.3. The summed E-state index contributed by atoms with van der Waals surface area (Å²) in [6.45, 7) is 15.3. The summed E-state index contributed by atoms with van der Waals surface area (Å²) in [6, 6.07) is 0. The molecule has 0 aromatic carbocycles. The monoisotopic (exact) mass is 596 g/mol. The zero-order valence-electron chi connectivity index (χ0n) is 28.1. The number of methoxy groups -OCH3 is 1. The Morgan fingerprint density at radius 1 is 0.786 bits per heavy atom. The van der Waals surface area contributed by atoms with E-state index in [9.17, 15) is 0 Å². The molecule has 248 valence electrons. The van der Waals surface area contributed by atoms with Crippen LogP contribution >= 0.6 is 0 Å². The lowest BCUT2D eigenvalue weighted by Gasteiger charge is -2.60. The highest BCUT2D eigenvalue weighted by Crippen LogP contribution is 2.66. The van der Waals surface area contributed by atoms with Gasteiger partial charge >= 0.3 is 0 Å².